The fraction of sp³-hybridized carbons (Fsp3) is 0.211. The molecule has 3 aromatic heterocycles. The maximum atomic E-state index is 12.9. The number of benzene rings is 1. The van der Waals surface area contributed by atoms with Gasteiger partial charge in [-0.05, 0) is 12.1 Å². The third-order valence-electron chi connectivity index (χ3n) is 4.83. The number of halogens is 3. The number of alkyl halides is 2. The number of ether oxygens (including phenoxy) is 3. The minimum atomic E-state index is -4.21. The number of primary sulfonamides is 1. The summed E-state index contributed by atoms with van der Waals surface area (Å²) in [5.74, 6) is -1.06. The van der Waals surface area contributed by atoms with E-state index in [4.69, 9.17) is 26.2 Å². The Kier molecular flexibility index (Phi) is 6.05. The van der Waals surface area contributed by atoms with Gasteiger partial charge in [-0.2, -0.15) is 18.7 Å². The van der Waals surface area contributed by atoms with Gasteiger partial charge in [-0.1, -0.05) is 11.6 Å². The molecule has 0 unspecified atom stereocenters. The number of nitrogens with zero attached hydrogens (tertiary/aromatic N) is 5. The second-order valence-corrected chi connectivity index (χ2v) is 8.78. The summed E-state index contributed by atoms with van der Waals surface area (Å²) in [5, 5.41) is 5.91. The Morgan fingerprint density at radius 1 is 1.15 bits per heavy atom. The van der Waals surface area contributed by atoms with Crippen molar-refractivity contribution < 1.29 is 31.4 Å². The molecule has 0 radical (unpaired) electrons. The Bertz CT molecular complexity index is 1480. The summed E-state index contributed by atoms with van der Waals surface area (Å²) >= 11 is 6.51. The largest absolute Gasteiger partial charge is 0.478 e. The van der Waals surface area contributed by atoms with Gasteiger partial charge >= 0.3 is 6.61 Å². The van der Waals surface area contributed by atoms with Crippen LogP contribution in [-0.2, 0) is 17.1 Å². The number of rotatable bonds is 7. The van der Waals surface area contributed by atoms with Crippen LogP contribution in [-0.4, -0.2) is 53.3 Å². The Balaban J connectivity index is 2.13. The van der Waals surface area contributed by atoms with Crippen LogP contribution in [0.2, 0.25) is 5.02 Å². The fourth-order valence-electron chi connectivity index (χ4n) is 3.44. The van der Waals surface area contributed by atoms with Crippen LogP contribution in [0.25, 0.3) is 28.2 Å². The molecular weight excluding hydrogens is 498 g/mol. The van der Waals surface area contributed by atoms with Crippen LogP contribution in [0.1, 0.15) is 0 Å². The number of imidazole rings is 1. The molecule has 0 bridgehead atoms. The Morgan fingerprint density at radius 3 is 2.29 bits per heavy atom. The van der Waals surface area contributed by atoms with Crippen molar-refractivity contribution in [3.8, 4) is 34.8 Å². The highest BCUT2D eigenvalue weighted by Crippen LogP contribution is 2.41. The van der Waals surface area contributed by atoms with Crippen molar-refractivity contribution in [2.45, 2.75) is 11.5 Å². The smallest absolute Gasteiger partial charge is 0.387 e. The van der Waals surface area contributed by atoms with Crippen molar-refractivity contribution in [1.29, 1.82) is 0 Å². The van der Waals surface area contributed by atoms with Crippen molar-refractivity contribution in [1.82, 2.24) is 24.1 Å². The van der Waals surface area contributed by atoms with Crippen LogP contribution >= 0.6 is 11.6 Å². The highest BCUT2D eigenvalue weighted by molar-refractivity contribution is 7.89. The molecule has 3 heterocycles. The van der Waals surface area contributed by atoms with Crippen molar-refractivity contribution >= 4 is 32.5 Å². The summed E-state index contributed by atoms with van der Waals surface area (Å²) in [6, 6.07) is 2.98. The van der Waals surface area contributed by atoms with Gasteiger partial charge in [-0.15, -0.1) is 0 Å². The third-order valence-corrected chi connectivity index (χ3v) is 6.09. The van der Waals surface area contributed by atoms with Crippen LogP contribution in [0.4, 0.5) is 8.78 Å². The van der Waals surface area contributed by atoms with Gasteiger partial charge < -0.3 is 18.8 Å². The minimum Gasteiger partial charge on any atom is -0.478 e. The fourth-order valence-corrected chi connectivity index (χ4v) is 4.41. The van der Waals surface area contributed by atoms with Gasteiger partial charge in [0.2, 0.25) is 21.7 Å². The highest BCUT2D eigenvalue weighted by Gasteiger charge is 2.27. The minimum absolute atomic E-state index is 0.187. The first kappa shape index (κ1) is 23.7. The summed E-state index contributed by atoms with van der Waals surface area (Å²) in [5.41, 5.74) is 0.605. The number of fused-ring (bicyclic) bond motifs is 1. The molecule has 0 spiro atoms. The van der Waals surface area contributed by atoms with Crippen LogP contribution in [0.3, 0.4) is 0 Å². The van der Waals surface area contributed by atoms with Gasteiger partial charge in [0, 0.05) is 31.0 Å². The van der Waals surface area contributed by atoms with E-state index in [-0.39, 0.29) is 38.5 Å². The summed E-state index contributed by atoms with van der Waals surface area (Å²) in [7, 11) is -0.119. The Labute approximate surface area is 196 Å². The van der Waals surface area contributed by atoms with E-state index in [1.54, 1.807) is 17.8 Å². The molecule has 1 aromatic carbocycles. The molecule has 4 aromatic rings. The Hall–Kier alpha value is -3.49. The van der Waals surface area contributed by atoms with Gasteiger partial charge in [0.25, 0.3) is 11.8 Å². The molecule has 180 valence electrons. The van der Waals surface area contributed by atoms with E-state index in [9.17, 15) is 17.2 Å². The first-order valence-electron chi connectivity index (χ1n) is 9.36. The van der Waals surface area contributed by atoms with Crippen molar-refractivity contribution in [3.63, 3.8) is 0 Å². The zero-order valence-corrected chi connectivity index (χ0v) is 19.4. The standard InChI is InChI=1S/C19H17ClF2N6O5S/c1-27-7-6-24-15(27)12-10(20)5-4-9-11(34(23,29)30)8-28(13(9)12)19-25-16(31-2)14(33-18(21)22)17(26-19)32-3/h4-8,18H,1-3H3,(H2,23,29,30). The molecule has 0 amide bonds. The summed E-state index contributed by atoms with van der Waals surface area (Å²) in [6.07, 6.45) is 4.40. The lowest BCUT2D eigenvalue weighted by Gasteiger charge is -2.15. The maximum Gasteiger partial charge on any atom is 0.387 e. The summed E-state index contributed by atoms with van der Waals surface area (Å²) < 4.78 is 68.2. The predicted octanol–water partition coefficient (Wildman–Crippen LogP) is 2.74. The second kappa shape index (κ2) is 8.70. The molecule has 0 saturated carbocycles. The molecule has 11 nitrogen and oxygen atoms in total. The number of methoxy groups -OCH3 is 2. The van der Waals surface area contributed by atoms with Gasteiger partial charge in [-0.3, -0.25) is 4.57 Å². The normalized spacial score (nSPS) is 11.9. The average molecular weight is 515 g/mol. The third kappa shape index (κ3) is 3.99. The van der Waals surface area contributed by atoms with Crippen LogP contribution < -0.4 is 19.3 Å². The number of hydrogen-bond acceptors (Lipinski definition) is 8. The molecule has 34 heavy (non-hydrogen) atoms. The predicted molar refractivity (Wildman–Crippen MR) is 117 cm³/mol. The second-order valence-electron chi connectivity index (χ2n) is 6.84. The van der Waals surface area contributed by atoms with Crippen molar-refractivity contribution in [3.05, 3.63) is 35.7 Å². The van der Waals surface area contributed by atoms with E-state index >= 15 is 0 Å². The van der Waals surface area contributed by atoms with Gasteiger partial charge in [0.1, 0.15) is 10.7 Å². The zero-order chi connectivity index (χ0) is 24.8. The number of aromatic nitrogens is 5. The van der Waals surface area contributed by atoms with Crippen molar-refractivity contribution in [2.75, 3.05) is 14.2 Å². The summed E-state index contributed by atoms with van der Waals surface area (Å²) in [6.45, 7) is -3.20. The van der Waals surface area contributed by atoms with E-state index in [2.05, 4.69) is 19.7 Å². The van der Waals surface area contributed by atoms with Crippen LogP contribution in [0.5, 0.6) is 17.5 Å². The molecular formula is C19H17ClF2N6O5S. The number of sulfonamides is 1. The average Bonchev–Trinajstić information content (AvgIpc) is 3.37. The molecule has 0 fully saturated rings. The maximum absolute atomic E-state index is 12.9. The van der Waals surface area contributed by atoms with E-state index in [0.717, 1.165) is 0 Å². The van der Waals surface area contributed by atoms with Crippen molar-refractivity contribution in [2.24, 2.45) is 12.2 Å². The van der Waals surface area contributed by atoms with E-state index in [1.807, 2.05) is 0 Å². The Morgan fingerprint density at radius 2 is 1.79 bits per heavy atom. The van der Waals surface area contributed by atoms with Gasteiger partial charge in [0.05, 0.1) is 30.3 Å². The lowest BCUT2D eigenvalue weighted by molar-refractivity contribution is -0.0534. The topological polar surface area (TPSA) is 136 Å². The molecule has 15 heteroatoms. The molecule has 4 rings (SSSR count). The lowest BCUT2D eigenvalue weighted by Crippen LogP contribution is -2.12. The van der Waals surface area contributed by atoms with Gasteiger partial charge in [0.15, 0.2) is 0 Å². The lowest BCUT2D eigenvalue weighted by atomic mass is 10.1. The van der Waals surface area contributed by atoms with E-state index in [0.29, 0.717) is 11.4 Å². The summed E-state index contributed by atoms with van der Waals surface area (Å²) in [4.78, 5) is 12.3. The quantitative estimate of drug-likeness (QED) is 0.397. The van der Waals surface area contributed by atoms with Crippen LogP contribution in [0, 0.1) is 0 Å². The molecule has 0 saturated heterocycles. The SMILES string of the molecule is COc1nc(-n2cc(S(N)(=O)=O)c3ccc(Cl)c(-c4nccn4C)c32)nc(OC)c1OC(F)F. The molecule has 0 aliphatic rings. The number of aryl methyl sites for hydroxylation is 1. The van der Waals surface area contributed by atoms with E-state index in [1.165, 1.54) is 43.3 Å². The monoisotopic (exact) mass is 514 g/mol. The highest BCUT2D eigenvalue weighted by atomic mass is 35.5. The first-order chi connectivity index (χ1) is 16.1. The molecule has 0 atom stereocenters. The van der Waals surface area contributed by atoms with E-state index < -0.39 is 22.4 Å². The number of hydrogen-bond donors (Lipinski definition) is 1. The number of nitrogens with two attached hydrogens (primary N) is 1. The molecule has 0 aliphatic carbocycles. The zero-order valence-electron chi connectivity index (χ0n) is 17.9. The van der Waals surface area contributed by atoms with Crippen LogP contribution in [0.15, 0.2) is 35.6 Å². The molecule has 2 N–H and O–H groups in total. The first-order valence-corrected chi connectivity index (χ1v) is 11.3. The van der Waals surface area contributed by atoms with Gasteiger partial charge in [-0.25, -0.2) is 18.5 Å². The molecule has 0 aliphatic heterocycles.